The van der Waals surface area contributed by atoms with Crippen LogP contribution in [-0.2, 0) is 9.59 Å². The number of likely N-dealkylation sites (tertiary alicyclic amines) is 1. The van der Waals surface area contributed by atoms with E-state index in [4.69, 9.17) is 0 Å². The van der Waals surface area contributed by atoms with E-state index in [-0.39, 0.29) is 23.3 Å². The first-order chi connectivity index (χ1) is 12.5. The van der Waals surface area contributed by atoms with Crippen LogP contribution in [0.25, 0.3) is 5.69 Å². The summed E-state index contributed by atoms with van der Waals surface area (Å²) in [7, 11) is 0. The molecule has 2 fully saturated rings. The lowest BCUT2D eigenvalue weighted by Crippen LogP contribution is -2.45. The number of hydrogen-bond acceptors (Lipinski definition) is 3. The first-order valence-electron chi connectivity index (χ1n) is 9.20. The highest BCUT2D eigenvalue weighted by Crippen LogP contribution is 2.47. The molecule has 1 aliphatic carbocycles. The first-order valence-corrected chi connectivity index (χ1v) is 9.20. The van der Waals surface area contributed by atoms with E-state index in [1.807, 2.05) is 48.9 Å². The van der Waals surface area contributed by atoms with E-state index in [9.17, 15) is 9.59 Å². The number of imidazole rings is 1. The quantitative estimate of drug-likeness (QED) is 0.920. The second-order valence-corrected chi connectivity index (χ2v) is 7.60. The zero-order valence-electron chi connectivity index (χ0n) is 15.2. The minimum atomic E-state index is -0.351. The summed E-state index contributed by atoms with van der Waals surface area (Å²) in [4.78, 5) is 31.4. The molecular formula is C20H24N4O2. The highest BCUT2D eigenvalue weighted by Gasteiger charge is 2.50. The normalized spacial score (nSPS) is 20.8. The van der Waals surface area contributed by atoms with Gasteiger partial charge in [0.05, 0.1) is 0 Å². The molecule has 0 bridgehead atoms. The highest BCUT2D eigenvalue weighted by atomic mass is 16.2. The minimum absolute atomic E-state index is 0.0911. The molecule has 136 valence electrons. The van der Waals surface area contributed by atoms with Crippen LogP contribution in [-0.4, -0.2) is 38.9 Å². The molecule has 0 unspecified atom stereocenters. The zero-order chi connectivity index (χ0) is 18.3. The topological polar surface area (TPSA) is 67.2 Å². The molecule has 1 aromatic carbocycles. The van der Waals surface area contributed by atoms with Gasteiger partial charge in [0, 0.05) is 35.7 Å². The van der Waals surface area contributed by atoms with Crippen molar-refractivity contribution < 1.29 is 9.59 Å². The van der Waals surface area contributed by atoms with Gasteiger partial charge >= 0.3 is 0 Å². The van der Waals surface area contributed by atoms with Gasteiger partial charge in [-0.1, -0.05) is 6.92 Å². The smallest absolute Gasteiger partial charge is 0.247 e. The third kappa shape index (κ3) is 3.00. The molecule has 2 heterocycles. The lowest BCUT2D eigenvalue weighted by atomic mass is 10.1. The second kappa shape index (κ2) is 6.27. The molecule has 0 spiro atoms. The average molecular weight is 352 g/mol. The van der Waals surface area contributed by atoms with Crippen molar-refractivity contribution in [2.24, 2.45) is 5.41 Å². The average Bonchev–Trinajstić information content (AvgIpc) is 3.04. The molecule has 1 N–H and O–H groups in total. The van der Waals surface area contributed by atoms with E-state index in [0.29, 0.717) is 6.54 Å². The Hall–Kier alpha value is -2.63. The fraction of sp³-hybridized carbons (Fsp3) is 0.450. The van der Waals surface area contributed by atoms with E-state index in [1.54, 1.807) is 11.1 Å². The van der Waals surface area contributed by atoms with Crippen molar-refractivity contribution >= 4 is 17.5 Å². The molecule has 1 aromatic heterocycles. The number of aryl methyl sites for hydroxylation is 1. The Balaban J connectivity index is 1.44. The standard InChI is InChI=1S/C20H24N4O2/c1-14-21-11-13-23(14)16-7-5-15(6-8-16)22-18(25)17-4-3-12-24(17)19(26)20(2)9-10-20/h5-8,11,13,17H,3-4,9-10,12H2,1-2H3,(H,22,25)/t17-/m0/s1. The molecule has 6 heteroatoms. The largest absolute Gasteiger partial charge is 0.330 e. The number of benzene rings is 1. The van der Waals surface area contributed by atoms with Crippen molar-refractivity contribution in [2.75, 3.05) is 11.9 Å². The van der Waals surface area contributed by atoms with Gasteiger partial charge in [-0.3, -0.25) is 9.59 Å². The van der Waals surface area contributed by atoms with Crippen LogP contribution in [0.5, 0.6) is 0 Å². The Morgan fingerprint density at radius 2 is 1.96 bits per heavy atom. The molecule has 1 atom stereocenters. The molecule has 4 rings (SSSR count). The van der Waals surface area contributed by atoms with E-state index >= 15 is 0 Å². The Labute approximate surface area is 153 Å². The van der Waals surface area contributed by atoms with Crippen molar-refractivity contribution in [3.63, 3.8) is 0 Å². The van der Waals surface area contributed by atoms with E-state index < -0.39 is 0 Å². The van der Waals surface area contributed by atoms with Crippen LogP contribution in [0.1, 0.15) is 38.4 Å². The summed E-state index contributed by atoms with van der Waals surface area (Å²) in [5.41, 5.74) is 1.51. The van der Waals surface area contributed by atoms with Gasteiger partial charge in [0.2, 0.25) is 11.8 Å². The minimum Gasteiger partial charge on any atom is -0.330 e. The fourth-order valence-electron chi connectivity index (χ4n) is 3.61. The van der Waals surface area contributed by atoms with Gasteiger partial charge in [-0.05, 0) is 56.9 Å². The Kier molecular flexibility index (Phi) is 4.05. The van der Waals surface area contributed by atoms with Crippen LogP contribution in [0.4, 0.5) is 5.69 Å². The molecule has 1 aliphatic heterocycles. The van der Waals surface area contributed by atoms with Gasteiger partial charge in [0.25, 0.3) is 0 Å². The summed E-state index contributed by atoms with van der Waals surface area (Å²) >= 11 is 0. The summed E-state index contributed by atoms with van der Waals surface area (Å²) in [6, 6.07) is 7.32. The predicted octanol–water partition coefficient (Wildman–Crippen LogP) is 2.91. The SMILES string of the molecule is Cc1nccn1-c1ccc(NC(=O)[C@@H]2CCCN2C(=O)C2(C)CC2)cc1. The molecule has 26 heavy (non-hydrogen) atoms. The molecule has 0 radical (unpaired) electrons. The van der Waals surface area contributed by atoms with Crippen molar-refractivity contribution in [1.82, 2.24) is 14.5 Å². The Morgan fingerprint density at radius 3 is 2.58 bits per heavy atom. The fourth-order valence-corrected chi connectivity index (χ4v) is 3.61. The summed E-state index contributed by atoms with van der Waals surface area (Å²) in [5.74, 6) is 0.961. The van der Waals surface area contributed by atoms with Crippen LogP contribution >= 0.6 is 0 Å². The third-order valence-corrected chi connectivity index (χ3v) is 5.57. The molecule has 2 amide bonds. The summed E-state index contributed by atoms with van der Waals surface area (Å²) in [6.07, 6.45) is 7.16. The van der Waals surface area contributed by atoms with Crippen LogP contribution in [0.2, 0.25) is 0 Å². The Morgan fingerprint density at radius 1 is 1.23 bits per heavy atom. The van der Waals surface area contributed by atoms with Gasteiger partial charge in [-0.25, -0.2) is 4.98 Å². The van der Waals surface area contributed by atoms with Gasteiger partial charge in [0.1, 0.15) is 11.9 Å². The first kappa shape index (κ1) is 16.8. The number of carbonyl (C=O) groups is 2. The maximum atomic E-state index is 12.7. The van der Waals surface area contributed by atoms with Crippen LogP contribution in [0, 0.1) is 12.3 Å². The number of nitrogens with zero attached hydrogens (tertiary/aromatic N) is 3. The molecule has 2 aromatic rings. The summed E-state index contributed by atoms with van der Waals surface area (Å²) in [5, 5.41) is 2.97. The summed E-state index contributed by atoms with van der Waals surface area (Å²) in [6.45, 7) is 4.63. The number of nitrogens with one attached hydrogen (secondary N) is 1. The monoisotopic (exact) mass is 352 g/mol. The number of hydrogen-bond donors (Lipinski definition) is 1. The molecular weight excluding hydrogens is 328 g/mol. The lowest BCUT2D eigenvalue weighted by Gasteiger charge is -2.26. The molecule has 2 aliphatic rings. The molecule has 6 nitrogen and oxygen atoms in total. The second-order valence-electron chi connectivity index (χ2n) is 7.60. The number of aromatic nitrogens is 2. The lowest BCUT2D eigenvalue weighted by molar-refractivity contribution is -0.140. The predicted molar refractivity (Wildman–Crippen MR) is 99.0 cm³/mol. The van der Waals surface area contributed by atoms with Gasteiger partial charge in [-0.2, -0.15) is 0 Å². The zero-order valence-corrected chi connectivity index (χ0v) is 15.2. The van der Waals surface area contributed by atoms with E-state index in [0.717, 1.165) is 42.9 Å². The maximum absolute atomic E-state index is 12.7. The number of amides is 2. The van der Waals surface area contributed by atoms with Crippen molar-refractivity contribution in [1.29, 1.82) is 0 Å². The number of anilines is 1. The van der Waals surface area contributed by atoms with Crippen molar-refractivity contribution in [2.45, 2.75) is 45.6 Å². The van der Waals surface area contributed by atoms with Crippen LogP contribution in [0.3, 0.4) is 0 Å². The van der Waals surface area contributed by atoms with E-state index in [2.05, 4.69) is 10.3 Å². The van der Waals surface area contributed by atoms with Gasteiger partial charge in [0.15, 0.2) is 0 Å². The van der Waals surface area contributed by atoms with E-state index in [1.165, 1.54) is 0 Å². The maximum Gasteiger partial charge on any atom is 0.247 e. The Bertz CT molecular complexity index is 836. The third-order valence-electron chi connectivity index (χ3n) is 5.57. The van der Waals surface area contributed by atoms with Crippen LogP contribution in [0.15, 0.2) is 36.7 Å². The number of carbonyl (C=O) groups excluding carboxylic acids is 2. The number of rotatable bonds is 4. The van der Waals surface area contributed by atoms with Gasteiger partial charge in [-0.15, -0.1) is 0 Å². The highest BCUT2D eigenvalue weighted by molar-refractivity contribution is 5.98. The van der Waals surface area contributed by atoms with Crippen molar-refractivity contribution in [3.8, 4) is 5.69 Å². The summed E-state index contributed by atoms with van der Waals surface area (Å²) < 4.78 is 1.99. The van der Waals surface area contributed by atoms with Crippen LogP contribution < -0.4 is 5.32 Å². The molecule has 1 saturated heterocycles. The molecule has 1 saturated carbocycles. The van der Waals surface area contributed by atoms with Gasteiger partial charge < -0.3 is 14.8 Å². The van der Waals surface area contributed by atoms with Crippen molar-refractivity contribution in [3.05, 3.63) is 42.5 Å².